The Morgan fingerprint density at radius 1 is 1.14 bits per heavy atom. The number of rotatable bonds is 4. The molecule has 1 unspecified atom stereocenters. The third-order valence-electron chi connectivity index (χ3n) is 3.31. The van der Waals surface area contributed by atoms with Crippen molar-refractivity contribution in [2.24, 2.45) is 0 Å². The van der Waals surface area contributed by atoms with Gasteiger partial charge in [0.25, 0.3) is 5.91 Å². The normalized spacial score (nSPS) is 13.4. The highest BCUT2D eigenvalue weighted by molar-refractivity contribution is 6.19. The third-order valence-corrected chi connectivity index (χ3v) is 3.84. The van der Waals surface area contributed by atoms with Gasteiger partial charge < -0.3 is 15.5 Å². The number of phenolic OH excluding ortho intramolecular Hbond substituents is 2. The summed E-state index contributed by atoms with van der Waals surface area (Å²) >= 11 is 6.03. The zero-order valence-electron chi connectivity index (χ0n) is 11.5. The smallest absolute Gasteiger partial charge is 0.252 e. The fourth-order valence-corrected chi connectivity index (χ4v) is 2.20. The maximum absolute atomic E-state index is 12.3. The van der Waals surface area contributed by atoms with Crippen LogP contribution in [0.4, 0.5) is 0 Å². The van der Waals surface area contributed by atoms with Crippen molar-refractivity contribution >= 4 is 17.5 Å². The van der Waals surface area contributed by atoms with E-state index in [-0.39, 0.29) is 28.8 Å². The number of hydrogen-bond donors (Lipinski definition) is 3. The molecule has 0 saturated carbocycles. The largest absolute Gasteiger partial charge is 0.504 e. The predicted molar refractivity (Wildman–Crippen MR) is 81.8 cm³/mol. The summed E-state index contributed by atoms with van der Waals surface area (Å²) in [5, 5.41) is 21.6. The molecule has 110 valence electrons. The lowest BCUT2D eigenvalue weighted by Gasteiger charge is -2.29. The van der Waals surface area contributed by atoms with Crippen molar-refractivity contribution in [1.29, 1.82) is 0 Å². The zero-order valence-corrected chi connectivity index (χ0v) is 12.3. The van der Waals surface area contributed by atoms with Gasteiger partial charge >= 0.3 is 0 Å². The van der Waals surface area contributed by atoms with Crippen molar-refractivity contribution in [2.45, 2.75) is 12.5 Å². The van der Waals surface area contributed by atoms with Gasteiger partial charge in [0.1, 0.15) is 0 Å². The molecule has 0 spiro atoms. The molecule has 2 aromatic carbocycles. The molecule has 0 fully saturated rings. The van der Waals surface area contributed by atoms with Crippen LogP contribution in [0.3, 0.4) is 0 Å². The Morgan fingerprint density at radius 3 is 2.38 bits per heavy atom. The summed E-state index contributed by atoms with van der Waals surface area (Å²) in [5.41, 5.74) is 0.404. The van der Waals surface area contributed by atoms with E-state index in [0.29, 0.717) is 0 Å². The molecule has 21 heavy (non-hydrogen) atoms. The van der Waals surface area contributed by atoms with Gasteiger partial charge in [0, 0.05) is 11.4 Å². The lowest BCUT2D eigenvalue weighted by molar-refractivity contribution is 0.0912. The molecule has 5 heteroatoms. The van der Waals surface area contributed by atoms with E-state index in [4.69, 9.17) is 11.6 Å². The van der Waals surface area contributed by atoms with Crippen molar-refractivity contribution in [2.75, 3.05) is 5.88 Å². The van der Waals surface area contributed by atoms with Gasteiger partial charge in [-0.2, -0.15) is 0 Å². The molecule has 0 bridgehead atoms. The van der Waals surface area contributed by atoms with Gasteiger partial charge in [0.15, 0.2) is 11.5 Å². The predicted octanol–water partition coefficient (Wildman–Crippen LogP) is 2.98. The van der Waals surface area contributed by atoms with Crippen LogP contribution in [-0.2, 0) is 5.54 Å². The van der Waals surface area contributed by atoms with Crippen LogP contribution in [0.1, 0.15) is 22.8 Å². The van der Waals surface area contributed by atoms with E-state index in [9.17, 15) is 15.0 Å². The number of halogens is 1. The highest BCUT2D eigenvalue weighted by atomic mass is 35.5. The Morgan fingerprint density at radius 2 is 1.81 bits per heavy atom. The van der Waals surface area contributed by atoms with Crippen LogP contribution in [0.5, 0.6) is 11.5 Å². The standard InChI is InChI=1S/C16H16ClNO3/c1-16(10-17,12-5-3-2-4-6-12)18-15(21)11-7-8-13(19)14(20)9-11/h2-9,19-20H,10H2,1H3,(H,18,21). The molecular formula is C16H16ClNO3. The van der Waals surface area contributed by atoms with Crippen LogP contribution in [0, 0.1) is 0 Å². The van der Waals surface area contributed by atoms with Crippen molar-refractivity contribution in [3.63, 3.8) is 0 Å². The maximum atomic E-state index is 12.3. The van der Waals surface area contributed by atoms with Crippen LogP contribution in [0.15, 0.2) is 48.5 Å². The molecule has 2 rings (SSSR count). The van der Waals surface area contributed by atoms with E-state index in [1.165, 1.54) is 18.2 Å². The van der Waals surface area contributed by atoms with Gasteiger partial charge in [-0.05, 0) is 30.7 Å². The Kier molecular flexibility index (Phi) is 4.38. The fraction of sp³-hybridized carbons (Fsp3) is 0.188. The second-order valence-corrected chi connectivity index (χ2v) is 5.26. The second kappa shape index (κ2) is 6.06. The first kappa shape index (κ1) is 15.2. The number of carbonyl (C=O) groups excluding carboxylic acids is 1. The van der Waals surface area contributed by atoms with Crippen molar-refractivity contribution in [1.82, 2.24) is 5.32 Å². The average Bonchev–Trinajstić information content (AvgIpc) is 2.50. The van der Waals surface area contributed by atoms with Gasteiger partial charge in [-0.25, -0.2) is 0 Å². The fourth-order valence-electron chi connectivity index (χ4n) is 1.98. The average molecular weight is 306 g/mol. The number of alkyl halides is 1. The van der Waals surface area contributed by atoms with Crippen LogP contribution in [-0.4, -0.2) is 22.0 Å². The first-order chi connectivity index (χ1) is 9.96. The third kappa shape index (κ3) is 3.28. The van der Waals surface area contributed by atoms with Gasteiger partial charge in [0.2, 0.25) is 0 Å². The zero-order chi connectivity index (χ0) is 15.5. The first-order valence-electron chi connectivity index (χ1n) is 6.42. The van der Waals surface area contributed by atoms with E-state index in [2.05, 4.69) is 5.32 Å². The molecule has 0 aromatic heterocycles. The summed E-state index contributed by atoms with van der Waals surface area (Å²) < 4.78 is 0. The molecule has 0 radical (unpaired) electrons. The molecule has 4 nitrogen and oxygen atoms in total. The molecule has 0 aliphatic carbocycles. The van der Waals surface area contributed by atoms with Crippen LogP contribution < -0.4 is 5.32 Å². The molecule has 3 N–H and O–H groups in total. The number of carbonyl (C=O) groups is 1. The maximum Gasteiger partial charge on any atom is 0.252 e. The Hall–Kier alpha value is -2.20. The number of amides is 1. The number of benzene rings is 2. The van der Waals surface area contributed by atoms with E-state index >= 15 is 0 Å². The quantitative estimate of drug-likeness (QED) is 0.601. The Labute approximate surface area is 128 Å². The molecule has 0 aliphatic rings. The van der Waals surface area contributed by atoms with Gasteiger partial charge in [0.05, 0.1) is 5.54 Å². The SMILES string of the molecule is CC(CCl)(NC(=O)c1ccc(O)c(O)c1)c1ccccc1. The van der Waals surface area contributed by atoms with Gasteiger partial charge in [-0.1, -0.05) is 30.3 Å². The molecule has 0 heterocycles. The Balaban J connectivity index is 2.26. The minimum atomic E-state index is -0.729. The summed E-state index contributed by atoms with van der Waals surface area (Å²) in [6, 6.07) is 13.3. The molecule has 0 aliphatic heterocycles. The molecule has 1 atom stereocenters. The summed E-state index contributed by atoms with van der Waals surface area (Å²) in [6.07, 6.45) is 0. The summed E-state index contributed by atoms with van der Waals surface area (Å²) in [7, 11) is 0. The van der Waals surface area contributed by atoms with Crippen LogP contribution in [0.2, 0.25) is 0 Å². The summed E-state index contributed by atoms with van der Waals surface area (Å²) in [4.78, 5) is 12.3. The molecular weight excluding hydrogens is 290 g/mol. The van der Waals surface area contributed by atoms with E-state index in [1.807, 2.05) is 37.3 Å². The second-order valence-electron chi connectivity index (χ2n) is 4.99. The number of hydrogen-bond acceptors (Lipinski definition) is 3. The van der Waals surface area contributed by atoms with E-state index < -0.39 is 5.54 Å². The lowest BCUT2D eigenvalue weighted by atomic mass is 9.93. The molecule has 0 saturated heterocycles. The minimum Gasteiger partial charge on any atom is -0.504 e. The minimum absolute atomic E-state index is 0.201. The number of nitrogens with one attached hydrogen (secondary N) is 1. The summed E-state index contributed by atoms with van der Waals surface area (Å²) in [6.45, 7) is 1.83. The molecule has 2 aromatic rings. The van der Waals surface area contributed by atoms with E-state index in [1.54, 1.807) is 0 Å². The highest BCUT2D eigenvalue weighted by Gasteiger charge is 2.28. The van der Waals surface area contributed by atoms with E-state index in [0.717, 1.165) is 5.56 Å². The van der Waals surface area contributed by atoms with Crippen LogP contribution in [0.25, 0.3) is 0 Å². The number of phenols is 2. The van der Waals surface area contributed by atoms with Gasteiger partial charge in [-0.3, -0.25) is 4.79 Å². The lowest BCUT2D eigenvalue weighted by Crippen LogP contribution is -2.45. The number of aromatic hydroxyl groups is 2. The molecule has 1 amide bonds. The topological polar surface area (TPSA) is 69.6 Å². The Bertz CT molecular complexity index is 645. The highest BCUT2D eigenvalue weighted by Crippen LogP contribution is 2.26. The summed E-state index contributed by atoms with van der Waals surface area (Å²) in [5.74, 6) is -0.783. The first-order valence-corrected chi connectivity index (χ1v) is 6.96. The van der Waals surface area contributed by atoms with Crippen LogP contribution >= 0.6 is 11.6 Å². The van der Waals surface area contributed by atoms with Crippen molar-refractivity contribution < 1.29 is 15.0 Å². The monoisotopic (exact) mass is 305 g/mol. The van der Waals surface area contributed by atoms with Gasteiger partial charge in [-0.15, -0.1) is 11.6 Å². The van der Waals surface area contributed by atoms with Crippen molar-refractivity contribution in [3.8, 4) is 11.5 Å². The van der Waals surface area contributed by atoms with Crippen molar-refractivity contribution in [3.05, 3.63) is 59.7 Å².